The van der Waals surface area contributed by atoms with Gasteiger partial charge in [0, 0.05) is 32.2 Å². The lowest BCUT2D eigenvalue weighted by Crippen LogP contribution is -2.35. The lowest BCUT2D eigenvalue weighted by molar-refractivity contribution is -0.121. The minimum Gasteiger partial charge on any atom is -0.354 e. The van der Waals surface area contributed by atoms with Crippen molar-refractivity contribution < 1.29 is 9.18 Å². The third kappa shape index (κ3) is 5.14. The maximum atomic E-state index is 13.1. The summed E-state index contributed by atoms with van der Waals surface area (Å²) in [6, 6.07) is 6.32. The van der Waals surface area contributed by atoms with Crippen LogP contribution in [0.3, 0.4) is 0 Å². The first-order chi connectivity index (χ1) is 11.5. The molecule has 1 atom stereocenters. The third-order valence-electron chi connectivity index (χ3n) is 4.18. The van der Waals surface area contributed by atoms with E-state index in [-0.39, 0.29) is 17.8 Å². The molecule has 1 unspecified atom stereocenters. The fourth-order valence-corrected chi connectivity index (χ4v) is 2.56. The van der Waals surface area contributed by atoms with Gasteiger partial charge in [-0.15, -0.1) is 12.3 Å². The van der Waals surface area contributed by atoms with Crippen molar-refractivity contribution in [2.45, 2.75) is 37.4 Å². The monoisotopic (exact) mass is 330 g/mol. The first kappa shape index (κ1) is 18.1. The average Bonchev–Trinajstić information content (AvgIpc) is 3.33. The van der Waals surface area contributed by atoms with E-state index in [9.17, 15) is 9.18 Å². The van der Waals surface area contributed by atoms with E-state index in [1.807, 2.05) is 19.0 Å². The molecule has 0 fully saturated rings. The lowest BCUT2D eigenvalue weighted by atomic mass is 10.0. The highest BCUT2D eigenvalue weighted by molar-refractivity contribution is 5.76. The predicted octanol–water partition coefficient (Wildman–Crippen LogP) is 2.90. The fourth-order valence-electron chi connectivity index (χ4n) is 2.56. The van der Waals surface area contributed by atoms with Crippen molar-refractivity contribution >= 4 is 5.91 Å². The van der Waals surface area contributed by atoms with Crippen molar-refractivity contribution in [1.29, 1.82) is 0 Å². The molecule has 0 radical (unpaired) electrons. The molecule has 1 N–H and O–H groups in total. The SMILES string of the molecule is C#CCCC1(CCC(=O)NCC(c2ccc(F)cc2)N(C)C)N=N1. The summed E-state index contributed by atoms with van der Waals surface area (Å²) in [5.41, 5.74) is 0.529. The van der Waals surface area contributed by atoms with E-state index < -0.39 is 5.66 Å². The average molecular weight is 330 g/mol. The summed E-state index contributed by atoms with van der Waals surface area (Å²) >= 11 is 0. The van der Waals surface area contributed by atoms with Crippen molar-refractivity contribution in [3.05, 3.63) is 35.6 Å². The molecule has 6 heteroatoms. The molecule has 1 aliphatic rings. The van der Waals surface area contributed by atoms with E-state index in [4.69, 9.17) is 6.42 Å². The number of carbonyl (C=O) groups is 1. The molecule has 0 saturated carbocycles. The first-order valence-corrected chi connectivity index (χ1v) is 8.02. The molecule has 1 aromatic rings. The van der Waals surface area contributed by atoms with E-state index >= 15 is 0 Å². The molecular weight excluding hydrogens is 307 g/mol. The molecule has 5 nitrogen and oxygen atoms in total. The fraction of sp³-hybridized carbons (Fsp3) is 0.500. The number of rotatable bonds is 9. The smallest absolute Gasteiger partial charge is 0.220 e. The van der Waals surface area contributed by atoms with Crippen molar-refractivity contribution in [3.63, 3.8) is 0 Å². The Labute approximate surface area is 142 Å². The Hall–Kier alpha value is -2.26. The van der Waals surface area contributed by atoms with Crippen LogP contribution in [0.15, 0.2) is 34.5 Å². The van der Waals surface area contributed by atoms with Gasteiger partial charge in [-0.25, -0.2) is 4.39 Å². The predicted molar refractivity (Wildman–Crippen MR) is 90.7 cm³/mol. The van der Waals surface area contributed by atoms with Gasteiger partial charge in [0.25, 0.3) is 0 Å². The van der Waals surface area contributed by atoms with Gasteiger partial charge in [-0.2, -0.15) is 10.2 Å². The third-order valence-corrected chi connectivity index (χ3v) is 4.18. The van der Waals surface area contributed by atoms with Crippen LogP contribution in [0.2, 0.25) is 0 Å². The van der Waals surface area contributed by atoms with Crippen LogP contribution in [0.25, 0.3) is 0 Å². The Morgan fingerprint density at radius 2 is 2.00 bits per heavy atom. The molecule has 24 heavy (non-hydrogen) atoms. The normalized spacial score (nSPS) is 15.8. The zero-order chi connectivity index (χ0) is 17.6. The zero-order valence-corrected chi connectivity index (χ0v) is 14.1. The molecule has 0 aromatic heterocycles. The second-order valence-electron chi connectivity index (χ2n) is 6.22. The lowest BCUT2D eigenvalue weighted by Gasteiger charge is -2.25. The van der Waals surface area contributed by atoms with Crippen molar-refractivity contribution in [3.8, 4) is 12.3 Å². The number of hydrogen-bond donors (Lipinski definition) is 1. The molecule has 1 aromatic carbocycles. The molecule has 2 rings (SSSR count). The number of nitrogens with zero attached hydrogens (tertiary/aromatic N) is 3. The van der Waals surface area contributed by atoms with Crippen molar-refractivity contribution in [2.24, 2.45) is 10.2 Å². The number of amides is 1. The molecule has 0 saturated heterocycles. The molecule has 0 aliphatic carbocycles. The number of halogens is 1. The summed E-state index contributed by atoms with van der Waals surface area (Å²) in [4.78, 5) is 14.1. The Morgan fingerprint density at radius 3 is 2.54 bits per heavy atom. The summed E-state index contributed by atoms with van der Waals surface area (Å²) in [5.74, 6) is 2.26. The highest BCUT2D eigenvalue weighted by Gasteiger charge is 2.39. The van der Waals surface area contributed by atoms with E-state index in [1.165, 1.54) is 12.1 Å². The summed E-state index contributed by atoms with van der Waals surface area (Å²) in [6.07, 6.45) is 7.52. The van der Waals surface area contributed by atoms with Gasteiger partial charge in [-0.3, -0.25) is 4.79 Å². The first-order valence-electron chi connectivity index (χ1n) is 8.02. The maximum absolute atomic E-state index is 13.1. The second kappa shape index (κ2) is 8.02. The van der Waals surface area contributed by atoms with Crippen LogP contribution in [0.5, 0.6) is 0 Å². The van der Waals surface area contributed by atoms with Gasteiger partial charge in [0.15, 0.2) is 5.66 Å². The standard InChI is InChI=1S/C18H23FN4O/c1-4-5-11-18(21-22-18)12-10-17(24)20-13-16(23(2)3)14-6-8-15(19)9-7-14/h1,6-9,16H,5,10-13H2,2-3H3,(H,20,24). The van der Waals surface area contributed by atoms with Gasteiger partial charge in [0.1, 0.15) is 5.82 Å². The van der Waals surface area contributed by atoms with Gasteiger partial charge in [-0.1, -0.05) is 12.1 Å². The van der Waals surface area contributed by atoms with Crippen LogP contribution in [0.4, 0.5) is 4.39 Å². The topological polar surface area (TPSA) is 57.1 Å². The number of terminal acetylenes is 1. The molecule has 128 valence electrons. The number of likely N-dealkylation sites (N-methyl/N-ethyl adjacent to an activating group) is 1. The summed E-state index contributed by atoms with van der Waals surface area (Å²) < 4.78 is 13.1. The van der Waals surface area contributed by atoms with Gasteiger partial charge in [0.05, 0.1) is 6.04 Å². The minimum absolute atomic E-state index is 0.0137. The van der Waals surface area contributed by atoms with Gasteiger partial charge in [-0.05, 0) is 31.8 Å². The molecule has 1 aliphatic heterocycles. The van der Waals surface area contributed by atoms with Crippen LogP contribution in [0, 0.1) is 18.2 Å². The number of carbonyl (C=O) groups excluding carboxylic acids is 1. The van der Waals surface area contributed by atoms with Crippen LogP contribution in [0.1, 0.15) is 37.3 Å². The second-order valence-corrected chi connectivity index (χ2v) is 6.22. The van der Waals surface area contributed by atoms with Gasteiger partial charge in [0.2, 0.25) is 5.91 Å². The molecular formula is C18H23FN4O. The Morgan fingerprint density at radius 1 is 1.33 bits per heavy atom. The largest absolute Gasteiger partial charge is 0.354 e. The summed E-state index contributed by atoms with van der Waals surface area (Å²) in [5, 5.41) is 11.0. The van der Waals surface area contributed by atoms with Crippen LogP contribution in [-0.2, 0) is 4.79 Å². The van der Waals surface area contributed by atoms with Crippen molar-refractivity contribution in [1.82, 2.24) is 10.2 Å². The van der Waals surface area contributed by atoms with Crippen LogP contribution < -0.4 is 5.32 Å². The highest BCUT2D eigenvalue weighted by Crippen LogP contribution is 2.37. The summed E-state index contributed by atoms with van der Waals surface area (Å²) in [7, 11) is 3.86. The number of nitrogens with one attached hydrogen (secondary N) is 1. The highest BCUT2D eigenvalue weighted by atomic mass is 19.1. The minimum atomic E-state index is -0.429. The molecule has 0 bridgehead atoms. The number of benzene rings is 1. The van der Waals surface area contributed by atoms with E-state index in [0.717, 1.165) is 5.56 Å². The quantitative estimate of drug-likeness (QED) is 0.708. The molecule has 1 heterocycles. The Balaban J connectivity index is 1.80. The van der Waals surface area contributed by atoms with E-state index in [1.54, 1.807) is 12.1 Å². The van der Waals surface area contributed by atoms with E-state index in [2.05, 4.69) is 21.5 Å². The Bertz CT molecular complexity index is 627. The van der Waals surface area contributed by atoms with Crippen LogP contribution >= 0.6 is 0 Å². The molecule has 0 spiro atoms. The molecule has 1 amide bonds. The maximum Gasteiger partial charge on any atom is 0.220 e. The zero-order valence-electron chi connectivity index (χ0n) is 14.1. The van der Waals surface area contributed by atoms with Gasteiger partial charge >= 0.3 is 0 Å². The van der Waals surface area contributed by atoms with E-state index in [0.29, 0.717) is 32.2 Å². The van der Waals surface area contributed by atoms with Gasteiger partial charge < -0.3 is 10.2 Å². The van der Waals surface area contributed by atoms with Crippen molar-refractivity contribution in [2.75, 3.05) is 20.6 Å². The summed E-state index contributed by atoms with van der Waals surface area (Å²) in [6.45, 7) is 0.461. The van der Waals surface area contributed by atoms with Crippen LogP contribution in [-0.4, -0.2) is 37.1 Å². The Kier molecular flexibility index (Phi) is 6.04. The number of hydrogen-bond acceptors (Lipinski definition) is 4.